The standard InChI is InChI=1S/C10H14N2O/c13-8-12-6-2-4-10(12)9-3-1-5-11-7-9/h1,3,5,7,10,13H,2,4,6,8H2/t10-/m0/s1. The Morgan fingerprint density at radius 2 is 2.54 bits per heavy atom. The van der Waals surface area contributed by atoms with Crippen LogP contribution in [0.4, 0.5) is 0 Å². The first kappa shape index (κ1) is 8.66. The Hall–Kier alpha value is -0.930. The Balaban J connectivity index is 2.16. The second-order valence-corrected chi connectivity index (χ2v) is 3.40. The molecule has 1 aliphatic heterocycles. The van der Waals surface area contributed by atoms with Crippen LogP contribution in [0.5, 0.6) is 0 Å². The van der Waals surface area contributed by atoms with E-state index in [9.17, 15) is 0 Å². The molecular formula is C10H14N2O. The molecule has 0 spiro atoms. The van der Waals surface area contributed by atoms with Gasteiger partial charge in [-0.25, -0.2) is 0 Å². The maximum atomic E-state index is 9.10. The van der Waals surface area contributed by atoms with Gasteiger partial charge >= 0.3 is 0 Å². The van der Waals surface area contributed by atoms with Gasteiger partial charge in [0.1, 0.15) is 0 Å². The van der Waals surface area contributed by atoms with E-state index < -0.39 is 0 Å². The maximum absolute atomic E-state index is 9.10. The Morgan fingerprint density at radius 3 is 3.23 bits per heavy atom. The van der Waals surface area contributed by atoms with Crippen molar-refractivity contribution in [2.24, 2.45) is 0 Å². The summed E-state index contributed by atoms with van der Waals surface area (Å²) in [6.45, 7) is 1.15. The maximum Gasteiger partial charge on any atom is 0.0961 e. The molecule has 0 bridgehead atoms. The lowest BCUT2D eigenvalue weighted by atomic mass is 10.1. The number of aliphatic hydroxyl groups is 1. The molecule has 0 aliphatic carbocycles. The van der Waals surface area contributed by atoms with Crippen LogP contribution < -0.4 is 0 Å². The molecule has 1 fully saturated rings. The molecule has 1 atom stereocenters. The Kier molecular flexibility index (Phi) is 2.57. The van der Waals surface area contributed by atoms with Gasteiger partial charge in [-0.2, -0.15) is 0 Å². The highest BCUT2D eigenvalue weighted by atomic mass is 16.3. The molecular weight excluding hydrogens is 164 g/mol. The van der Waals surface area contributed by atoms with Gasteiger partial charge in [0.15, 0.2) is 0 Å². The Bertz CT molecular complexity index is 263. The number of hydrogen-bond acceptors (Lipinski definition) is 3. The predicted octanol–water partition coefficient (Wildman–Crippen LogP) is 1.17. The molecule has 1 aliphatic rings. The summed E-state index contributed by atoms with van der Waals surface area (Å²) in [6.07, 6.45) is 5.97. The highest BCUT2D eigenvalue weighted by molar-refractivity contribution is 5.15. The van der Waals surface area contributed by atoms with Gasteiger partial charge in [-0.15, -0.1) is 0 Å². The topological polar surface area (TPSA) is 36.4 Å². The third kappa shape index (κ3) is 1.71. The van der Waals surface area contributed by atoms with Crippen molar-refractivity contribution in [2.45, 2.75) is 18.9 Å². The monoisotopic (exact) mass is 178 g/mol. The van der Waals surface area contributed by atoms with Crippen LogP contribution in [0.2, 0.25) is 0 Å². The highest BCUT2D eigenvalue weighted by Gasteiger charge is 2.24. The number of nitrogens with zero attached hydrogens (tertiary/aromatic N) is 2. The largest absolute Gasteiger partial charge is 0.381 e. The molecule has 1 saturated heterocycles. The van der Waals surface area contributed by atoms with E-state index in [1.165, 1.54) is 12.0 Å². The Morgan fingerprint density at radius 1 is 1.62 bits per heavy atom. The number of aromatic nitrogens is 1. The fourth-order valence-corrected chi connectivity index (χ4v) is 1.95. The van der Waals surface area contributed by atoms with Gasteiger partial charge in [-0.1, -0.05) is 6.07 Å². The minimum atomic E-state index is 0.152. The molecule has 0 radical (unpaired) electrons. The number of hydrogen-bond donors (Lipinski definition) is 1. The molecule has 2 heterocycles. The smallest absolute Gasteiger partial charge is 0.0961 e. The van der Waals surface area contributed by atoms with Crippen LogP contribution in [0.1, 0.15) is 24.4 Å². The quantitative estimate of drug-likeness (QED) is 0.738. The molecule has 0 aromatic carbocycles. The lowest BCUT2D eigenvalue weighted by molar-refractivity contribution is 0.0962. The summed E-state index contributed by atoms with van der Waals surface area (Å²) < 4.78 is 0. The van der Waals surface area contributed by atoms with Crippen molar-refractivity contribution in [2.75, 3.05) is 13.3 Å². The molecule has 0 amide bonds. The number of aliphatic hydroxyl groups excluding tert-OH is 1. The zero-order chi connectivity index (χ0) is 9.10. The Labute approximate surface area is 78.0 Å². The number of likely N-dealkylation sites (tertiary alicyclic amines) is 1. The summed E-state index contributed by atoms with van der Waals surface area (Å²) in [6, 6.07) is 4.40. The van der Waals surface area contributed by atoms with Crippen LogP contribution in [-0.4, -0.2) is 28.3 Å². The molecule has 70 valence electrons. The van der Waals surface area contributed by atoms with Crippen LogP contribution in [0.25, 0.3) is 0 Å². The van der Waals surface area contributed by atoms with E-state index in [4.69, 9.17) is 5.11 Å². The van der Waals surface area contributed by atoms with Crippen molar-refractivity contribution < 1.29 is 5.11 Å². The highest BCUT2D eigenvalue weighted by Crippen LogP contribution is 2.30. The zero-order valence-electron chi connectivity index (χ0n) is 7.56. The van der Waals surface area contributed by atoms with E-state index in [1.54, 1.807) is 6.20 Å². The van der Waals surface area contributed by atoms with E-state index >= 15 is 0 Å². The summed E-state index contributed by atoms with van der Waals surface area (Å²) >= 11 is 0. The first-order valence-electron chi connectivity index (χ1n) is 4.66. The number of pyridine rings is 1. The molecule has 3 nitrogen and oxygen atoms in total. The summed E-state index contributed by atoms with van der Waals surface area (Å²) in [4.78, 5) is 6.17. The van der Waals surface area contributed by atoms with E-state index in [0.717, 1.165) is 13.0 Å². The third-order valence-corrected chi connectivity index (χ3v) is 2.61. The van der Waals surface area contributed by atoms with Crippen molar-refractivity contribution in [3.05, 3.63) is 30.1 Å². The van der Waals surface area contributed by atoms with Crippen LogP contribution >= 0.6 is 0 Å². The van der Waals surface area contributed by atoms with Crippen LogP contribution in [0, 0.1) is 0 Å². The lowest BCUT2D eigenvalue weighted by Crippen LogP contribution is -2.24. The first-order valence-corrected chi connectivity index (χ1v) is 4.66. The van der Waals surface area contributed by atoms with Crippen molar-refractivity contribution in [3.8, 4) is 0 Å². The lowest BCUT2D eigenvalue weighted by Gasteiger charge is -2.21. The van der Waals surface area contributed by atoms with E-state index in [-0.39, 0.29) is 6.73 Å². The second kappa shape index (κ2) is 3.85. The van der Waals surface area contributed by atoms with Crippen LogP contribution in [-0.2, 0) is 0 Å². The molecule has 2 rings (SSSR count). The normalized spacial score (nSPS) is 23.6. The minimum Gasteiger partial charge on any atom is -0.381 e. The van der Waals surface area contributed by atoms with Gasteiger partial charge in [0.25, 0.3) is 0 Å². The number of rotatable bonds is 2. The fourth-order valence-electron chi connectivity index (χ4n) is 1.95. The second-order valence-electron chi connectivity index (χ2n) is 3.40. The molecule has 13 heavy (non-hydrogen) atoms. The van der Waals surface area contributed by atoms with Gasteiger partial charge in [-0.05, 0) is 24.5 Å². The average Bonchev–Trinajstić information content (AvgIpc) is 2.67. The van der Waals surface area contributed by atoms with E-state index in [0.29, 0.717) is 6.04 Å². The molecule has 0 unspecified atom stereocenters. The van der Waals surface area contributed by atoms with Crippen molar-refractivity contribution in [3.63, 3.8) is 0 Å². The third-order valence-electron chi connectivity index (χ3n) is 2.61. The molecule has 3 heteroatoms. The summed E-state index contributed by atoms with van der Waals surface area (Å²) in [5, 5.41) is 9.10. The van der Waals surface area contributed by atoms with Gasteiger partial charge in [0.2, 0.25) is 0 Å². The van der Waals surface area contributed by atoms with Crippen molar-refractivity contribution in [1.82, 2.24) is 9.88 Å². The van der Waals surface area contributed by atoms with Gasteiger partial charge < -0.3 is 5.11 Å². The zero-order valence-corrected chi connectivity index (χ0v) is 7.56. The predicted molar refractivity (Wildman–Crippen MR) is 50.0 cm³/mol. The first-order chi connectivity index (χ1) is 6.42. The molecule has 0 saturated carbocycles. The molecule has 1 N–H and O–H groups in total. The van der Waals surface area contributed by atoms with Crippen molar-refractivity contribution >= 4 is 0 Å². The fraction of sp³-hybridized carbons (Fsp3) is 0.500. The molecule has 1 aromatic heterocycles. The van der Waals surface area contributed by atoms with Crippen molar-refractivity contribution in [1.29, 1.82) is 0 Å². The SMILES string of the molecule is OCN1CCC[C@H]1c1cccnc1. The van der Waals surface area contributed by atoms with E-state index in [1.807, 2.05) is 12.3 Å². The van der Waals surface area contributed by atoms with Gasteiger partial charge in [0, 0.05) is 25.0 Å². The average molecular weight is 178 g/mol. The molecule has 1 aromatic rings. The minimum absolute atomic E-state index is 0.152. The van der Waals surface area contributed by atoms with Gasteiger partial charge in [-0.3, -0.25) is 9.88 Å². The summed E-state index contributed by atoms with van der Waals surface area (Å²) in [7, 11) is 0. The van der Waals surface area contributed by atoms with E-state index in [2.05, 4.69) is 16.0 Å². The van der Waals surface area contributed by atoms with Crippen LogP contribution in [0.3, 0.4) is 0 Å². The summed E-state index contributed by atoms with van der Waals surface area (Å²) in [5.74, 6) is 0. The summed E-state index contributed by atoms with van der Waals surface area (Å²) in [5.41, 5.74) is 1.22. The van der Waals surface area contributed by atoms with Crippen LogP contribution in [0.15, 0.2) is 24.5 Å². The van der Waals surface area contributed by atoms with Gasteiger partial charge in [0.05, 0.1) is 6.73 Å².